The lowest BCUT2D eigenvalue weighted by Crippen LogP contribution is -2.36. The van der Waals surface area contributed by atoms with Crippen molar-refractivity contribution < 1.29 is 9.53 Å². The summed E-state index contributed by atoms with van der Waals surface area (Å²) < 4.78 is 5.57. The van der Waals surface area contributed by atoms with Crippen molar-refractivity contribution in [1.82, 2.24) is 10.6 Å². The summed E-state index contributed by atoms with van der Waals surface area (Å²) in [6, 6.07) is 10.6. The molecule has 1 aromatic rings. The van der Waals surface area contributed by atoms with Crippen LogP contribution in [0.5, 0.6) is 0 Å². The van der Waals surface area contributed by atoms with E-state index < -0.39 is 0 Å². The molecule has 1 atom stereocenters. The van der Waals surface area contributed by atoms with Crippen molar-refractivity contribution in [2.75, 3.05) is 26.3 Å². The zero-order valence-corrected chi connectivity index (χ0v) is 11.9. The molecule has 1 saturated heterocycles. The topological polar surface area (TPSA) is 50.4 Å². The van der Waals surface area contributed by atoms with Gasteiger partial charge in [-0.15, -0.1) is 0 Å². The molecule has 1 fully saturated rings. The monoisotopic (exact) mass is 276 g/mol. The van der Waals surface area contributed by atoms with E-state index in [0.717, 1.165) is 39.0 Å². The smallest absolute Gasteiger partial charge is 0.220 e. The average Bonchev–Trinajstić information content (AvgIpc) is 2.96. The summed E-state index contributed by atoms with van der Waals surface area (Å²) in [6.07, 6.45) is 3.32. The molecule has 20 heavy (non-hydrogen) atoms. The van der Waals surface area contributed by atoms with Crippen molar-refractivity contribution in [2.45, 2.75) is 31.7 Å². The van der Waals surface area contributed by atoms with Crippen LogP contribution in [0.1, 0.15) is 24.8 Å². The van der Waals surface area contributed by atoms with Gasteiger partial charge in [-0.05, 0) is 31.4 Å². The van der Waals surface area contributed by atoms with E-state index >= 15 is 0 Å². The largest absolute Gasteiger partial charge is 0.381 e. The summed E-state index contributed by atoms with van der Waals surface area (Å²) in [4.78, 5) is 11.7. The number of rotatable bonds is 8. The molecule has 1 unspecified atom stereocenters. The first-order chi connectivity index (χ1) is 9.84. The maximum absolute atomic E-state index is 11.7. The summed E-state index contributed by atoms with van der Waals surface area (Å²) in [7, 11) is 0. The zero-order chi connectivity index (χ0) is 14.0. The van der Waals surface area contributed by atoms with E-state index in [1.165, 1.54) is 5.56 Å². The van der Waals surface area contributed by atoms with Gasteiger partial charge in [0, 0.05) is 25.6 Å². The number of benzene rings is 1. The number of hydrogen-bond acceptors (Lipinski definition) is 3. The van der Waals surface area contributed by atoms with Crippen LogP contribution in [-0.4, -0.2) is 38.3 Å². The Kier molecular flexibility index (Phi) is 6.54. The maximum Gasteiger partial charge on any atom is 0.220 e. The van der Waals surface area contributed by atoms with E-state index in [4.69, 9.17) is 4.74 Å². The highest BCUT2D eigenvalue weighted by Crippen LogP contribution is 2.01. The van der Waals surface area contributed by atoms with Gasteiger partial charge in [0.25, 0.3) is 0 Å². The molecule has 2 N–H and O–H groups in total. The van der Waals surface area contributed by atoms with E-state index in [2.05, 4.69) is 22.8 Å². The Morgan fingerprint density at radius 2 is 2.15 bits per heavy atom. The van der Waals surface area contributed by atoms with Gasteiger partial charge in [-0.2, -0.15) is 0 Å². The number of amides is 1. The molecule has 0 aromatic heterocycles. The fourth-order valence-corrected chi connectivity index (χ4v) is 2.35. The fraction of sp³-hybridized carbons (Fsp3) is 0.562. The minimum absolute atomic E-state index is 0.144. The third kappa shape index (κ3) is 5.72. The van der Waals surface area contributed by atoms with Crippen molar-refractivity contribution in [2.24, 2.45) is 0 Å². The molecule has 1 aliphatic heterocycles. The number of carbonyl (C=O) groups is 1. The Balaban J connectivity index is 1.46. The van der Waals surface area contributed by atoms with Crippen molar-refractivity contribution in [3.8, 4) is 0 Å². The van der Waals surface area contributed by atoms with E-state index in [1.54, 1.807) is 0 Å². The molecule has 0 radical (unpaired) electrons. The van der Waals surface area contributed by atoms with Crippen LogP contribution in [0, 0.1) is 0 Å². The highest BCUT2D eigenvalue weighted by atomic mass is 16.5. The lowest BCUT2D eigenvalue weighted by Gasteiger charge is -2.11. The number of ether oxygens (including phenoxy) is 1. The molecule has 4 heteroatoms. The van der Waals surface area contributed by atoms with Gasteiger partial charge in [0.1, 0.15) is 0 Å². The lowest BCUT2D eigenvalue weighted by atomic mass is 10.2. The Morgan fingerprint density at radius 3 is 2.90 bits per heavy atom. The molecule has 0 aliphatic carbocycles. The van der Waals surface area contributed by atoms with Gasteiger partial charge in [-0.3, -0.25) is 4.79 Å². The van der Waals surface area contributed by atoms with Crippen LogP contribution < -0.4 is 10.6 Å². The molecule has 1 heterocycles. The van der Waals surface area contributed by atoms with Crippen LogP contribution in [0.2, 0.25) is 0 Å². The summed E-state index contributed by atoms with van der Waals surface area (Å²) in [6.45, 7) is 3.29. The Labute approximate surface area is 120 Å². The Morgan fingerprint density at radius 1 is 1.30 bits per heavy atom. The predicted molar refractivity (Wildman–Crippen MR) is 79.6 cm³/mol. The normalized spacial score (nSPS) is 18.1. The van der Waals surface area contributed by atoms with Gasteiger partial charge in [-0.1, -0.05) is 30.3 Å². The van der Waals surface area contributed by atoms with Crippen LogP contribution in [-0.2, 0) is 16.0 Å². The highest BCUT2D eigenvalue weighted by Gasteiger charge is 2.15. The van der Waals surface area contributed by atoms with E-state index in [0.29, 0.717) is 19.1 Å². The van der Waals surface area contributed by atoms with Crippen molar-refractivity contribution in [1.29, 1.82) is 0 Å². The molecule has 110 valence electrons. The summed E-state index contributed by atoms with van der Waals surface area (Å²) in [5.74, 6) is 0.144. The van der Waals surface area contributed by atoms with Crippen LogP contribution in [0.25, 0.3) is 0 Å². The number of nitrogens with one attached hydrogen (secondary N) is 2. The standard InChI is InChI=1S/C16H24N2O2/c19-16(18-15-8-10-17-13-15)7-4-11-20-12-9-14-5-2-1-3-6-14/h1-3,5-6,15,17H,4,7-13H2,(H,18,19). The molecule has 0 bridgehead atoms. The van der Waals surface area contributed by atoms with Crippen LogP contribution in [0.4, 0.5) is 0 Å². The van der Waals surface area contributed by atoms with Crippen molar-refractivity contribution in [3.05, 3.63) is 35.9 Å². The third-order valence-electron chi connectivity index (χ3n) is 3.50. The van der Waals surface area contributed by atoms with E-state index in [1.807, 2.05) is 18.2 Å². The van der Waals surface area contributed by atoms with Crippen molar-refractivity contribution >= 4 is 5.91 Å². The second kappa shape index (κ2) is 8.72. The predicted octanol–water partition coefficient (Wildman–Crippen LogP) is 1.50. The Hall–Kier alpha value is -1.39. The van der Waals surface area contributed by atoms with Gasteiger partial charge < -0.3 is 15.4 Å². The number of hydrogen-bond donors (Lipinski definition) is 2. The lowest BCUT2D eigenvalue weighted by molar-refractivity contribution is -0.122. The van der Waals surface area contributed by atoms with Crippen molar-refractivity contribution in [3.63, 3.8) is 0 Å². The van der Waals surface area contributed by atoms with Gasteiger partial charge in [0.05, 0.1) is 6.61 Å². The molecule has 2 rings (SSSR count). The molecule has 1 aromatic carbocycles. The van der Waals surface area contributed by atoms with Gasteiger partial charge in [-0.25, -0.2) is 0 Å². The minimum Gasteiger partial charge on any atom is -0.381 e. The first-order valence-corrected chi connectivity index (χ1v) is 7.46. The molecular formula is C16H24N2O2. The Bertz CT molecular complexity index is 389. The summed E-state index contributed by atoms with van der Waals surface area (Å²) in [5.41, 5.74) is 1.29. The SMILES string of the molecule is O=C(CCCOCCc1ccccc1)NC1CCNC1. The molecular weight excluding hydrogens is 252 g/mol. The summed E-state index contributed by atoms with van der Waals surface area (Å²) in [5, 5.41) is 6.28. The first-order valence-electron chi connectivity index (χ1n) is 7.46. The highest BCUT2D eigenvalue weighted by molar-refractivity contribution is 5.76. The van der Waals surface area contributed by atoms with E-state index in [9.17, 15) is 4.79 Å². The van der Waals surface area contributed by atoms with Gasteiger partial charge in [0.2, 0.25) is 5.91 Å². The van der Waals surface area contributed by atoms with Crippen LogP contribution in [0.15, 0.2) is 30.3 Å². The van der Waals surface area contributed by atoms with Crippen LogP contribution >= 0.6 is 0 Å². The maximum atomic E-state index is 11.7. The molecule has 0 spiro atoms. The second-order valence-electron chi connectivity index (χ2n) is 5.21. The minimum atomic E-state index is 0.144. The molecule has 1 aliphatic rings. The number of carbonyl (C=O) groups excluding carboxylic acids is 1. The molecule has 4 nitrogen and oxygen atoms in total. The van der Waals surface area contributed by atoms with E-state index in [-0.39, 0.29) is 5.91 Å². The average molecular weight is 276 g/mol. The third-order valence-corrected chi connectivity index (χ3v) is 3.50. The second-order valence-corrected chi connectivity index (χ2v) is 5.21. The quantitative estimate of drug-likeness (QED) is 0.708. The zero-order valence-electron chi connectivity index (χ0n) is 11.9. The summed E-state index contributed by atoms with van der Waals surface area (Å²) >= 11 is 0. The van der Waals surface area contributed by atoms with Gasteiger partial charge in [0.15, 0.2) is 0 Å². The fourth-order valence-electron chi connectivity index (χ4n) is 2.35. The first kappa shape index (κ1) is 15.0. The molecule has 1 amide bonds. The van der Waals surface area contributed by atoms with Gasteiger partial charge >= 0.3 is 0 Å². The van der Waals surface area contributed by atoms with Crippen LogP contribution in [0.3, 0.4) is 0 Å². The molecule has 0 saturated carbocycles.